The lowest BCUT2D eigenvalue weighted by Crippen LogP contribution is -2.31. The Bertz CT molecular complexity index is 1850. The Labute approximate surface area is 252 Å². The SMILES string of the molecule is COc1cccc2cc(C(=O)C3=C(O)C(=O)N(c4nnc(SCc5ccccc5Cl)s4)C3c3cccc(Cl)c3)oc12. The standard InChI is InChI=1S/C29H19Cl2N3O5S2/c1-38-20-11-5-8-16-13-21(39-26(16)20)24(35)22-23(15-7-4-9-18(30)12-15)34(27(37)25(22)36)28-32-33-29(41-28)40-14-17-6-2-3-10-19(17)31/h2-13,23,36H,14H2,1H3. The van der Waals surface area contributed by atoms with Gasteiger partial charge in [0, 0.05) is 21.2 Å². The van der Waals surface area contributed by atoms with Crippen LogP contribution >= 0.6 is 46.3 Å². The third-order valence-electron chi connectivity index (χ3n) is 6.48. The summed E-state index contributed by atoms with van der Waals surface area (Å²) < 4.78 is 11.8. The Morgan fingerprint density at radius 3 is 2.68 bits per heavy atom. The number of hydrogen-bond donors (Lipinski definition) is 1. The number of furan rings is 1. The van der Waals surface area contributed by atoms with E-state index in [1.807, 2.05) is 24.3 Å². The van der Waals surface area contributed by atoms with Gasteiger partial charge in [-0.05, 0) is 41.5 Å². The molecule has 2 aromatic heterocycles. The van der Waals surface area contributed by atoms with E-state index in [-0.39, 0.29) is 16.5 Å². The van der Waals surface area contributed by atoms with Crippen LogP contribution in [0.15, 0.2) is 92.9 Å². The van der Waals surface area contributed by atoms with E-state index in [1.54, 1.807) is 48.5 Å². The number of carbonyl (C=O) groups excluding carboxylic acids is 2. The molecule has 0 aliphatic carbocycles. The van der Waals surface area contributed by atoms with E-state index in [0.717, 1.165) is 16.9 Å². The molecule has 3 heterocycles. The lowest BCUT2D eigenvalue weighted by atomic mass is 9.95. The quantitative estimate of drug-likeness (QED) is 0.107. The number of methoxy groups -OCH3 is 1. The van der Waals surface area contributed by atoms with Crippen LogP contribution in [0.2, 0.25) is 10.0 Å². The van der Waals surface area contributed by atoms with Gasteiger partial charge in [-0.15, -0.1) is 10.2 Å². The smallest absolute Gasteiger partial charge is 0.296 e. The molecule has 1 aliphatic rings. The first-order valence-corrected chi connectivity index (χ1v) is 14.7. The van der Waals surface area contributed by atoms with Crippen LogP contribution in [-0.2, 0) is 10.5 Å². The van der Waals surface area contributed by atoms with Crippen LogP contribution in [0.4, 0.5) is 5.13 Å². The summed E-state index contributed by atoms with van der Waals surface area (Å²) in [6, 6.07) is 20.0. The van der Waals surface area contributed by atoms with Crippen molar-refractivity contribution in [3.8, 4) is 5.75 Å². The predicted molar refractivity (Wildman–Crippen MR) is 159 cm³/mol. The summed E-state index contributed by atoms with van der Waals surface area (Å²) in [7, 11) is 1.50. The third-order valence-corrected chi connectivity index (χ3v) is 9.19. The van der Waals surface area contributed by atoms with Crippen LogP contribution in [0.1, 0.15) is 27.7 Å². The van der Waals surface area contributed by atoms with E-state index in [9.17, 15) is 14.7 Å². The van der Waals surface area contributed by atoms with E-state index in [2.05, 4.69) is 10.2 Å². The van der Waals surface area contributed by atoms with Crippen LogP contribution in [-0.4, -0.2) is 34.1 Å². The second-order valence-corrected chi connectivity index (χ2v) is 12.0. The Balaban J connectivity index is 1.38. The van der Waals surface area contributed by atoms with Gasteiger partial charge in [-0.1, -0.05) is 88.8 Å². The molecule has 0 spiro atoms. The van der Waals surface area contributed by atoms with Crippen molar-refractivity contribution >= 4 is 74.1 Å². The lowest BCUT2D eigenvalue weighted by molar-refractivity contribution is -0.117. The fourth-order valence-corrected chi connectivity index (χ4v) is 6.93. The van der Waals surface area contributed by atoms with Crippen molar-refractivity contribution < 1.29 is 23.8 Å². The minimum atomic E-state index is -1.03. The van der Waals surface area contributed by atoms with Gasteiger partial charge >= 0.3 is 0 Å². The molecule has 6 rings (SSSR count). The summed E-state index contributed by atoms with van der Waals surface area (Å²) in [6.07, 6.45) is 0. The minimum absolute atomic E-state index is 0.0547. The zero-order chi connectivity index (χ0) is 28.7. The molecule has 12 heteroatoms. The molecule has 1 atom stereocenters. The number of ketones is 1. The highest BCUT2D eigenvalue weighted by molar-refractivity contribution is 8.00. The van der Waals surface area contributed by atoms with Gasteiger partial charge in [-0.3, -0.25) is 14.5 Å². The molecular weight excluding hydrogens is 605 g/mol. The second-order valence-electron chi connectivity index (χ2n) is 8.94. The highest BCUT2D eigenvalue weighted by Gasteiger charge is 2.47. The fraction of sp³-hybridized carbons (Fsp3) is 0.103. The number of Topliss-reactive ketones (excluding diaryl/α,β-unsaturated/α-hetero) is 1. The number of aliphatic hydroxyl groups excluding tert-OH is 1. The molecule has 3 aromatic carbocycles. The second kappa shape index (κ2) is 11.2. The van der Waals surface area contributed by atoms with Gasteiger partial charge in [0.1, 0.15) is 0 Å². The van der Waals surface area contributed by atoms with Gasteiger partial charge in [0.05, 0.1) is 18.7 Å². The predicted octanol–water partition coefficient (Wildman–Crippen LogP) is 7.67. The van der Waals surface area contributed by atoms with Crippen LogP contribution in [0.5, 0.6) is 5.75 Å². The summed E-state index contributed by atoms with van der Waals surface area (Å²) in [5.74, 6) is -1.20. The molecule has 1 unspecified atom stereocenters. The maximum atomic E-state index is 13.9. The van der Waals surface area contributed by atoms with Crippen molar-refractivity contribution in [2.24, 2.45) is 0 Å². The normalized spacial score (nSPS) is 15.2. The van der Waals surface area contributed by atoms with E-state index < -0.39 is 23.5 Å². The molecule has 0 fully saturated rings. The number of nitrogens with zero attached hydrogens (tertiary/aromatic N) is 3. The van der Waals surface area contributed by atoms with Crippen LogP contribution < -0.4 is 9.64 Å². The molecule has 41 heavy (non-hydrogen) atoms. The molecule has 0 saturated heterocycles. The summed E-state index contributed by atoms with van der Waals surface area (Å²) in [4.78, 5) is 28.7. The van der Waals surface area contributed by atoms with Crippen molar-refractivity contribution in [3.63, 3.8) is 0 Å². The van der Waals surface area contributed by atoms with E-state index in [4.69, 9.17) is 32.4 Å². The number of para-hydroxylation sites is 1. The molecule has 5 aromatic rings. The van der Waals surface area contributed by atoms with Gasteiger partial charge < -0.3 is 14.3 Å². The molecule has 0 bridgehead atoms. The van der Waals surface area contributed by atoms with Crippen molar-refractivity contribution in [3.05, 3.63) is 111 Å². The number of aromatic nitrogens is 2. The van der Waals surface area contributed by atoms with Crippen LogP contribution in [0, 0.1) is 0 Å². The highest BCUT2D eigenvalue weighted by atomic mass is 35.5. The average molecular weight is 625 g/mol. The van der Waals surface area contributed by atoms with Crippen molar-refractivity contribution in [1.29, 1.82) is 0 Å². The molecule has 206 valence electrons. The molecule has 1 aliphatic heterocycles. The molecule has 1 N–H and O–H groups in total. The molecule has 1 amide bonds. The number of rotatable bonds is 8. The monoisotopic (exact) mass is 623 g/mol. The average Bonchev–Trinajstić information content (AvgIpc) is 3.69. The fourth-order valence-electron chi connectivity index (χ4n) is 4.58. The summed E-state index contributed by atoms with van der Waals surface area (Å²) in [5, 5.41) is 21.5. The van der Waals surface area contributed by atoms with Gasteiger partial charge in [0.15, 0.2) is 27.2 Å². The number of amides is 1. The lowest BCUT2D eigenvalue weighted by Gasteiger charge is -2.24. The van der Waals surface area contributed by atoms with E-state index >= 15 is 0 Å². The first kappa shape index (κ1) is 27.3. The highest BCUT2D eigenvalue weighted by Crippen LogP contribution is 2.45. The number of ether oxygens (including phenoxy) is 1. The van der Waals surface area contributed by atoms with Crippen molar-refractivity contribution in [2.75, 3.05) is 12.0 Å². The van der Waals surface area contributed by atoms with E-state index in [0.29, 0.717) is 42.4 Å². The summed E-state index contributed by atoms with van der Waals surface area (Å²) in [5.41, 5.74) is 1.66. The van der Waals surface area contributed by atoms with E-state index in [1.165, 1.54) is 23.8 Å². The number of hydrogen-bond acceptors (Lipinski definition) is 9. The zero-order valence-electron chi connectivity index (χ0n) is 21.2. The van der Waals surface area contributed by atoms with Gasteiger partial charge in [0.25, 0.3) is 5.91 Å². The molecule has 8 nitrogen and oxygen atoms in total. The zero-order valence-corrected chi connectivity index (χ0v) is 24.4. The Morgan fingerprint density at radius 1 is 1.10 bits per heavy atom. The number of halogens is 2. The maximum Gasteiger partial charge on any atom is 0.296 e. The number of carbonyl (C=O) groups is 2. The van der Waals surface area contributed by atoms with Crippen LogP contribution in [0.25, 0.3) is 11.0 Å². The largest absolute Gasteiger partial charge is 0.503 e. The van der Waals surface area contributed by atoms with Gasteiger partial charge in [0.2, 0.25) is 10.9 Å². The first-order valence-electron chi connectivity index (χ1n) is 12.2. The number of thioether (sulfide) groups is 1. The van der Waals surface area contributed by atoms with Crippen molar-refractivity contribution in [2.45, 2.75) is 16.1 Å². The number of fused-ring (bicyclic) bond motifs is 1. The Hall–Kier alpha value is -3.83. The van der Waals surface area contributed by atoms with Gasteiger partial charge in [-0.2, -0.15) is 0 Å². The number of aliphatic hydroxyl groups is 1. The minimum Gasteiger partial charge on any atom is -0.503 e. The molecule has 0 saturated carbocycles. The number of benzene rings is 3. The Kier molecular flexibility index (Phi) is 7.48. The molecule has 0 radical (unpaired) electrons. The first-order chi connectivity index (χ1) is 19.9. The van der Waals surface area contributed by atoms with Crippen molar-refractivity contribution in [1.82, 2.24) is 10.2 Å². The maximum absolute atomic E-state index is 13.9. The third kappa shape index (κ3) is 5.08. The summed E-state index contributed by atoms with van der Waals surface area (Å²) >= 11 is 15.2. The molecular formula is C29H19Cl2N3O5S2. The van der Waals surface area contributed by atoms with Gasteiger partial charge in [-0.25, -0.2) is 0 Å². The Morgan fingerprint density at radius 2 is 1.90 bits per heavy atom. The van der Waals surface area contributed by atoms with Crippen LogP contribution in [0.3, 0.4) is 0 Å². The summed E-state index contributed by atoms with van der Waals surface area (Å²) in [6.45, 7) is 0. The topological polar surface area (TPSA) is 106 Å². The number of anilines is 1.